The SMILES string of the molecule is CC1Cc2ccccc2N1C(=O)CN1CCCC(CNC(=O)C2CCCN2)C1.Cl. The van der Waals surface area contributed by atoms with Gasteiger partial charge in [-0.25, -0.2) is 0 Å². The Morgan fingerprint density at radius 2 is 2.03 bits per heavy atom. The second kappa shape index (κ2) is 9.92. The van der Waals surface area contributed by atoms with Crippen molar-refractivity contribution in [1.82, 2.24) is 15.5 Å². The number of carbonyl (C=O) groups is 2. The lowest BCUT2D eigenvalue weighted by atomic mass is 9.97. The highest BCUT2D eigenvalue weighted by Crippen LogP contribution is 2.32. The first-order chi connectivity index (χ1) is 13.6. The van der Waals surface area contributed by atoms with E-state index in [9.17, 15) is 9.59 Å². The summed E-state index contributed by atoms with van der Waals surface area (Å²) in [6.45, 7) is 6.09. The fourth-order valence-electron chi connectivity index (χ4n) is 4.95. The van der Waals surface area contributed by atoms with Crippen molar-refractivity contribution in [1.29, 1.82) is 0 Å². The third kappa shape index (κ3) is 5.11. The molecule has 0 spiro atoms. The number of hydrogen-bond donors (Lipinski definition) is 2. The lowest BCUT2D eigenvalue weighted by Crippen LogP contribution is -2.48. The van der Waals surface area contributed by atoms with Crippen LogP contribution in [0.2, 0.25) is 0 Å². The normalized spacial score (nSPS) is 26.7. The van der Waals surface area contributed by atoms with Crippen LogP contribution in [-0.2, 0) is 16.0 Å². The predicted octanol–water partition coefficient (Wildman–Crippen LogP) is 1.97. The summed E-state index contributed by atoms with van der Waals surface area (Å²) in [7, 11) is 0. The smallest absolute Gasteiger partial charge is 0.241 e. The predicted molar refractivity (Wildman–Crippen MR) is 118 cm³/mol. The molecular weight excluding hydrogens is 388 g/mol. The molecule has 0 radical (unpaired) electrons. The molecule has 29 heavy (non-hydrogen) atoms. The van der Waals surface area contributed by atoms with Crippen molar-refractivity contribution in [3.63, 3.8) is 0 Å². The fraction of sp³-hybridized carbons (Fsp3) is 0.636. The van der Waals surface area contributed by atoms with Gasteiger partial charge < -0.3 is 15.5 Å². The minimum absolute atomic E-state index is 0. The molecule has 7 heteroatoms. The summed E-state index contributed by atoms with van der Waals surface area (Å²) in [5.74, 6) is 0.751. The van der Waals surface area contributed by atoms with Crippen LogP contribution >= 0.6 is 12.4 Å². The number of anilines is 1. The lowest BCUT2D eigenvalue weighted by Gasteiger charge is -2.34. The average molecular weight is 421 g/mol. The maximum Gasteiger partial charge on any atom is 0.241 e. The van der Waals surface area contributed by atoms with Gasteiger partial charge >= 0.3 is 0 Å². The summed E-state index contributed by atoms with van der Waals surface area (Å²) >= 11 is 0. The van der Waals surface area contributed by atoms with Crippen LogP contribution in [0.1, 0.15) is 38.2 Å². The van der Waals surface area contributed by atoms with Gasteiger partial charge in [0.15, 0.2) is 0 Å². The minimum Gasteiger partial charge on any atom is -0.354 e. The molecule has 0 saturated carbocycles. The second-order valence-corrected chi connectivity index (χ2v) is 8.58. The van der Waals surface area contributed by atoms with Crippen molar-refractivity contribution in [3.8, 4) is 0 Å². The van der Waals surface area contributed by atoms with E-state index in [0.717, 1.165) is 57.4 Å². The number of carbonyl (C=O) groups excluding carboxylic acids is 2. The quantitative estimate of drug-likeness (QED) is 0.764. The zero-order valence-electron chi connectivity index (χ0n) is 17.2. The van der Waals surface area contributed by atoms with Gasteiger partial charge in [0.2, 0.25) is 11.8 Å². The van der Waals surface area contributed by atoms with Crippen molar-refractivity contribution in [3.05, 3.63) is 29.8 Å². The zero-order chi connectivity index (χ0) is 19.5. The second-order valence-electron chi connectivity index (χ2n) is 8.58. The Bertz CT molecular complexity index is 723. The summed E-state index contributed by atoms with van der Waals surface area (Å²) in [4.78, 5) is 29.5. The molecule has 160 valence electrons. The molecule has 2 fully saturated rings. The number of nitrogens with zero attached hydrogens (tertiary/aromatic N) is 2. The summed E-state index contributed by atoms with van der Waals surface area (Å²) in [6, 6.07) is 8.45. The van der Waals surface area contributed by atoms with Crippen LogP contribution in [0.25, 0.3) is 0 Å². The Morgan fingerprint density at radius 3 is 2.83 bits per heavy atom. The van der Waals surface area contributed by atoms with Gasteiger partial charge in [0.1, 0.15) is 0 Å². The Morgan fingerprint density at radius 1 is 1.21 bits per heavy atom. The number of amides is 2. The Balaban J connectivity index is 0.00000240. The van der Waals surface area contributed by atoms with E-state index in [1.165, 1.54) is 5.56 Å². The van der Waals surface area contributed by atoms with Crippen molar-refractivity contribution in [2.75, 3.05) is 37.6 Å². The molecule has 4 rings (SSSR count). The maximum absolute atomic E-state index is 13.0. The monoisotopic (exact) mass is 420 g/mol. The van der Waals surface area contributed by atoms with E-state index in [0.29, 0.717) is 19.0 Å². The molecule has 1 aromatic rings. The van der Waals surface area contributed by atoms with Crippen molar-refractivity contribution < 1.29 is 9.59 Å². The average Bonchev–Trinajstić information content (AvgIpc) is 3.33. The van der Waals surface area contributed by atoms with Crippen molar-refractivity contribution in [2.45, 2.75) is 51.1 Å². The summed E-state index contributed by atoms with van der Waals surface area (Å²) in [5, 5.41) is 6.37. The molecule has 3 aliphatic heterocycles. The molecule has 3 atom stereocenters. The molecule has 2 N–H and O–H groups in total. The third-order valence-corrected chi connectivity index (χ3v) is 6.38. The Labute approximate surface area is 179 Å². The number of piperidine rings is 1. The molecule has 3 unspecified atom stereocenters. The number of fused-ring (bicyclic) bond motifs is 1. The van der Waals surface area contributed by atoms with Gasteiger partial charge in [-0.1, -0.05) is 18.2 Å². The maximum atomic E-state index is 13.0. The number of halogens is 1. The minimum atomic E-state index is -0.0157. The van der Waals surface area contributed by atoms with E-state index in [4.69, 9.17) is 0 Å². The largest absolute Gasteiger partial charge is 0.354 e. The highest BCUT2D eigenvalue weighted by atomic mass is 35.5. The van der Waals surface area contributed by atoms with Gasteiger partial charge in [0.05, 0.1) is 12.6 Å². The number of rotatable bonds is 5. The molecule has 2 saturated heterocycles. The van der Waals surface area contributed by atoms with Crippen LogP contribution in [0.3, 0.4) is 0 Å². The number of nitrogens with one attached hydrogen (secondary N) is 2. The highest BCUT2D eigenvalue weighted by molar-refractivity contribution is 5.97. The van der Waals surface area contributed by atoms with Gasteiger partial charge in [-0.2, -0.15) is 0 Å². The van der Waals surface area contributed by atoms with Gasteiger partial charge in [0.25, 0.3) is 0 Å². The van der Waals surface area contributed by atoms with Gasteiger partial charge in [-0.3, -0.25) is 14.5 Å². The molecule has 3 aliphatic rings. The van der Waals surface area contributed by atoms with Gasteiger partial charge in [-0.15, -0.1) is 12.4 Å². The third-order valence-electron chi connectivity index (χ3n) is 6.38. The molecule has 0 bridgehead atoms. The molecular formula is C22H33ClN4O2. The summed E-state index contributed by atoms with van der Waals surface area (Å²) in [5.41, 5.74) is 2.34. The molecule has 0 aliphatic carbocycles. The molecule has 1 aromatic carbocycles. The summed E-state index contributed by atoms with van der Waals surface area (Å²) in [6.07, 6.45) is 5.15. The van der Waals surface area contributed by atoms with Gasteiger partial charge in [0, 0.05) is 24.8 Å². The fourth-order valence-corrected chi connectivity index (χ4v) is 4.95. The van der Waals surface area contributed by atoms with Crippen LogP contribution < -0.4 is 15.5 Å². The van der Waals surface area contributed by atoms with E-state index in [1.54, 1.807) is 0 Å². The topological polar surface area (TPSA) is 64.7 Å². The van der Waals surface area contributed by atoms with Crippen LogP contribution in [0, 0.1) is 5.92 Å². The van der Waals surface area contributed by atoms with Crippen molar-refractivity contribution >= 4 is 29.9 Å². The molecule has 3 heterocycles. The van der Waals surface area contributed by atoms with Crippen LogP contribution in [0.4, 0.5) is 5.69 Å². The van der Waals surface area contributed by atoms with E-state index >= 15 is 0 Å². The molecule has 6 nitrogen and oxygen atoms in total. The molecule has 0 aromatic heterocycles. The van der Waals surface area contributed by atoms with E-state index in [-0.39, 0.29) is 36.3 Å². The first-order valence-corrected chi connectivity index (χ1v) is 10.7. The first-order valence-electron chi connectivity index (χ1n) is 10.7. The number of benzene rings is 1. The molecule has 2 amide bonds. The van der Waals surface area contributed by atoms with Gasteiger partial charge in [-0.05, 0) is 69.7 Å². The van der Waals surface area contributed by atoms with Crippen LogP contribution in [-0.4, -0.2) is 61.5 Å². The Hall–Kier alpha value is -1.63. The summed E-state index contributed by atoms with van der Waals surface area (Å²) < 4.78 is 0. The van der Waals surface area contributed by atoms with Crippen LogP contribution in [0.5, 0.6) is 0 Å². The highest BCUT2D eigenvalue weighted by Gasteiger charge is 2.32. The lowest BCUT2D eigenvalue weighted by molar-refractivity contribution is -0.123. The first kappa shape index (κ1) is 22.1. The van der Waals surface area contributed by atoms with E-state index < -0.39 is 0 Å². The number of hydrogen-bond acceptors (Lipinski definition) is 4. The zero-order valence-corrected chi connectivity index (χ0v) is 18.0. The number of likely N-dealkylation sites (tertiary alicyclic amines) is 1. The number of para-hydroxylation sites is 1. The van der Waals surface area contributed by atoms with E-state index in [1.807, 2.05) is 17.0 Å². The standard InChI is InChI=1S/C22H32N4O2.ClH/c1-16-12-18-7-2-3-9-20(18)26(16)21(27)15-25-11-5-6-17(14-25)13-24-22(28)19-8-4-10-23-19;/h2-3,7,9,16-17,19,23H,4-6,8,10-15H2,1H3,(H,24,28);1H. The van der Waals surface area contributed by atoms with Crippen molar-refractivity contribution in [2.24, 2.45) is 5.92 Å². The van der Waals surface area contributed by atoms with E-state index in [2.05, 4.69) is 34.6 Å². The Kier molecular flexibility index (Phi) is 7.55. The van der Waals surface area contributed by atoms with Crippen LogP contribution in [0.15, 0.2) is 24.3 Å².